The molecule has 32 heteroatoms. The minimum atomic E-state index is -3.62. The number of ether oxygens (including phenoxy) is 6. The summed E-state index contributed by atoms with van der Waals surface area (Å²) in [5.41, 5.74) is 8.02. The number of hydrogen-bond donors (Lipinski definition) is 2. The maximum absolute atomic E-state index is 11.5. The van der Waals surface area contributed by atoms with Gasteiger partial charge in [0.2, 0.25) is 0 Å². The van der Waals surface area contributed by atoms with Gasteiger partial charge in [0, 0.05) is 50.1 Å². The standard InChI is InChI=1S/C24H27N3O5S.C23H23N3O5S.C14H16O5S.C9H8ClN3.C4H8O.C4H9O.C2H3N.K/c1-26-24(20-9-4-3-5-10-20)15-27(25-26)18-31-23(17-32-33(2,28)29)16-30-22-13-12-19-8-6-7-11-21(19)14-22;1-32(27,28)31-16-22(15-29-21-12-11-18-7-5-6-10-20(18)13-21)30-17-26-14-23(24-25-26)19-8-3-2-4-9-19;1-20(16,17)19-10-13(15)9-18-14-7-6-11-4-2-3-5-12(11)8-14;10-7-13-6-9(11-12-13)8-4-2-1-3-5-8;1-2-4-5-3-1;1-4(2,3)5;1-2-3;/h3-15,23,25H,16-18H2,1-2H3;2-14,22H,15-17H2,1H3;2-8,13,15H,9-10H2,1H3;1-6H,7H2;1-4H2;1-3H3;1H3;/q;;;;;-1;;+1. The normalized spacial score (nSPS) is 13.3. The average molecular weight is 1640 g/mol. The first-order chi connectivity index (χ1) is 53.1. The number of aromatic nitrogens is 6. The second kappa shape index (κ2) is 48.0. The van der Waals surface area contributed by atoms with Crippen LogP contribution in [0.2, 0.25) is 0 Å². The fourth-order valence-electron chi connectivity index (χ4n) is 9.81. The van der Waals surface area contributed by atoms with Gasteiger partial charge in [0.15, 0.2) is 0 Å². The van der Waals surface area contributed by atoms with Gasteiger partial charge < -0.3 is 38.6 Å². The quantitative estimate of drug-likeness (QED) is 0.0262. The molecule has 0 amide bonds. The molecular formula is C80H94ClKN10O17S3. The van der Waals surface area contributed by atoms with Crippen molar-refractivity contribution in [3.05, 3.63) is 243 Å². The van der Waals surface area contributed by atoms with Crippen molar-refractivity contribution < 1.29 is 128 Å². The number of alkyl halides is 1. The number of aliphatic hydroxyl groups is 1. The van der Waals surface area contributed by atoms with E-state index < -0.39 is 54.3 Å². The predicted octanol–water partition coefficient (Wildman–Crippen LogP) is 8.87. The van der Waals surface area contributed by atoms with Crippen LogP contribution in [0.5, 0.6) is 17.2 Å². The zero-order valence-electron chi connectivity index (χ0n) is 64.0. The number of hydrazine groups is 2. The average Bonchev–Trinajstić information content (AvgIpc) is 1.19. The molecule has 1 saturated heterocycles. The van der Waals surface area contributed by atoms with Gasteiger partial charge >= 0.3 is 51.4 Å². The van der Waals surface area contributed by atoms with Crippen LogP contribution < -0.4 is 76.2 Å². The molecule has 9 aromatic carbocycles. The molecule has 1 fully saturated rings. The number of nitrogens with one attached hydrogen (secondary N) is 1. The summed E-state index contributed by atoms with van der Waals surface area (Å²) in [5, 5.41) is 53.1. The molecule has 3 atom stereocenters. The van der Waals surface area contributed by atoms with Crippen molar-refractivity contribution in [2.24, 2.45) is 0 Å². The molecule has 0 aliphatic carbocycles. The summed E-state index contributed by atoms with van der Waals surface area (Å²) in [4.78, 5) is 0. The van der Waals surface area contributed by atoms with Gasteiger partial charge in [-0.25, -0.2) is 9.36 Å². The number of hydrogen-bond acceptors (Lipinski definition) is 25. The van der Waals surface area contributed by atoms with Crippen LogP contribution in [0.15, 0.2) is 237 Å². The fraction of sp³-hybridized carbons (Fsp3) is 0.312. The SMILES string of the molecule is C1CCOC1.CC#N.CC(C)(C)[O-].CN1NN(COC(COc2ccc3ccccc3c2)COS(C)(=O)=O)C=C1c1ccccc1.CS(=O)(=O)OCC(COc1ccc2ccccc2c1)OCn1cc(-c2ccccc2)nn1.CS(=O)(=O)OCC(O)COc1ccc2ccccc2c1.ClCn1cc(-c2ccccc2)nn1.[K+]. The van der Waals surface area contributed by atoms with E-state index >= 15 is 0 Å². The predicted molar refractivity (Wildman–Crippen MR) is 426 cm³/mol. The van der Waals surface area contributed by atoms with Crippen LogP contribution in [0, 0.1) is 11.3 Å². The van der Waals surface area contributed by atoms with E-state index in [0.29, 0.717) is 28.9 Å². The van der Waals surface area contributed by atoms with Gasteiger partial charge in [-0.3, -0.25) is 22.6 Å². The zero-order valence-corrected chi connectivity index (χ0v) is 70.4. The Morgan fingerprint density at radius 1 is 0.527 bits per heavy atom. The van der Waals surface area contributed by atoms with Crippen molar-refractivity contribution in [3.8, 4) is 45.8 Å². The third-order valence-corrected chi connectivity index (χ3v) is 16.9. The van der Waals surface area contributed by atoms with Crippen molar-refractivity contribution >= 4 is 80.0 Å². The molecule has 592 valence electrons. The topological polar surface area (TPSA) is 332 Å². The van der Waals surface area contributed by atoms with Crippen LogP contribution in [-0.2, 0) is 69.8 Å². The second-order valence-corrected chi connectivity index (χ2v) is 30.9. The zero-order chi connectivity index (χ0) is 80.1. The summed E-state index contributed by atoms with van der Waals surface area (Å²) in [6.07, 6.45) is 8.76. The Morgan fingerprint density at radius 2 is 0.875 bits per heavy atom. The smallest absolute Gasteiger partial charge is 0.850 e. The number of fused-ring (bicyclic) bond motifs is 3. The maximum atomic E-state index is 11.5. The maximum Gasteiger partial charge on any atom is 1.00 e. The Hall–Kier alpha value is -8.31. The fourth-order valence-corrected chi connectivity index (χ4v) is 11.1. The number of aliphatic hydroxyl groups excluding tert-OH is 1. The largest absolute Gasteiger partial charge is 1.00 e. The minimum Gasteiger partial charge on any atom is -0.850 e. The summed E-state index contributed by atoms with van der Waals surface area (Å²) in [5.74, 6) is 1.94. The molecule has 2 N–H and O–H groups in total. The third kappa shape index (κ3) is 36.7. The molecular weight excluding hydrogens is 1540 g/mol. The molecule has 0 bridgehead atoms. The van der Waals surface area contributed by atoms with E-state index in [4.69, 9.17) is 53.7 Å². The van der Waals surface area contributed by atoms with Crippen molar-refractivity contribution in [2.75, 3.05) is 85.4 Å². The molecule has 2 aliphatic rings. The van der Waals surface area contributed by atoms with Gasteiger partial charge in [-0.2, -0.15) is 30.5 Å². The van der Waals surface area contributed by atoms with Crippen LogP contribution in [0.25, 0.3) is 60.5 Å². The summed E-state index contributed by atoms with van der Waals surface area (Å²) in [6.45, 7) is 8.13. The van der Waals surface area contributed by atoms with Crippen LogP contribution in [0.3, 0.4) is 0 Å². The van der Waals surface area contributed by atoms with Gasteiger partial charge in [-0.15, -0.1) is 32.9 Å². The summed E-state index contributed by atoms with van der Waals surface area (Å²) in [7, 11) is -8.86. The van der Waals surface area contributed by atoms with Crippen molar-refractivity contribution in [1.82, 2.24) is 45.5 Å². The first kappa shape index (κ1) is 92.6. The minimum absolute atomic E-state index is 0. The van der Waals surface area contributed by atoms with Crippen molar-refractivity contribution in [2.45, 2.75) is 77.2 Å². The molecule has 0 spiro atoms. The van der Waals surface area contributed by atoms with Crippen molar-refractivity contribution in [3.63, 3.8) is 0 Å². The Labute approximate surface area is 703 Å². The first-order valence-corrected chi connectivity index (χ1v) is 41.0. The molecule has 0 saturated carbocycles. The Balaban J connectivity index is 0.000000228. The number of benzene rings is 9. The monoisotopic (exact) mass is 1640 g/mol. The number of nitriles is 1. The van der Waals surface area contributed by atoms with E-state index in [1.807, 2.05) is 237 Å². The van der Waals surface area contributed by atoms with Crippen LogP contribution in [0.4, 0.5) is 0 Å². The molecule has 2 aliphatic heterocycles. The molecule has 27 nitrogen and oxygen atoms in total. The molecule has 4 heterocycles. The van der Waals surface area contributed by atoms with Crippen LogP contribution in [-0.4, -0.2) is 180 Å². The summed E-state index contributed by atoms with van der Waals surface area (Å²) in [6, 6.07) is 72.5. The van der Waals surface area contributed by atoms with E-state index in [9.17, 15) is 35.5 Å². The van der Waals surface area contributed by atoms with Crippen LogP contribution in [0.1, 0.15) is 46.1 Å². The number of rotatable bonds is 28. The first-order valence-electron chi connectivity index (χ1n) is 35.0. The van der Waals surface area contributed by atoms with Crippen molar-refractivity contribution in [1.29, 1.82) is 5.26 Å². The Bertz CT molecular complexity index is 5010. The van der Waals surface area contributed by atoms with E-state index in [0.717, 1.165) is 92.4 Å². The van der Waals surface area contributed by atoms with Gasteiger partial charge in [-0.1, -0.05) is 213 Å². The van der Waals surface area contributed by atoms with Gasteiger partial charge in [0.1, 0.15) is 86.2 Å². The van der Waals surface area contributed by atoms with E-state index in [1.54, 1.807) is 48.8 Å². The van der Waals surface area contributed by atoms with E-state index in [2.05, 4.69) is 30.3 Å². The number of nitrogens with zero attached hydrogens (tertiary/aromatic N) is 9. The number of halogens is 1. The summed E-state index contributed by atoms with van der Waals surface area (Å²) < 4.78 is 119. The summed E-state index contributed by atoms with van der Waals surface area (Å²) >= 11 is 5.59. The second-order valence-electron chi connectivity index (χ2n) is 25.7. The Kier molecular flexibility index (Phi) is 39.7. The molecule has 0 radical (unpaired) electrons. The Morgan fingerprint density at radius 3 is 1.25 bits per heavy atom. The van der Waals surface area contributed by atoms with Gasteiger partial charge in [0.25, 0.3) is 30.4 Å². The molecule has 2 aromatic heterocycles. The molecule has 13 rings (SSSR count). The van der Waals surface area contributed by atoms with Crippen LogP contribution >= 0.6 is 11.6 Å². The molecule has 3 unspecified atom stereocenters. The third-order valence-electron chi connectivity index (χ3n) is 14.9. The van der Waals surface area contributed by atoms with E-state index in [-0.39, 0.29) is 104 Å². The van der Waals surface area contributed by atoms with Gasteiger partial charge in [0.05, 0.1) is 62.7 Å². The van der Waals surface area contributed by atoms with Gasteiger partial charge in [-0.05, 0) is 81.6 Å². The molecule has 112 heavy (non-hydrogen) atoms. The molecule has 11 aromatic rings. The van der Waals surface area contributed by atoms with E-state index in [1.165, 1.54) is 24.4 Å².